The van der Waals surface area contributed by atoms with Gasteiger partial charge in [-0.3, -0.25) is 4.79 Å². The van der Waals surface area contributed by atoms with Crippen LogP contribution < -0.4 is 4.74 Å². The smallest absolute Gasteiger partial charge is 0.260 e. The van der Waals surface area contributed by atoms with E-state index in [1.165, 1.54) is 16.4 Å². The molecule has 7 nitrogen and oxygen atoms in total. The summed E-state index contributed by atoms with van der Waals surface area (Å²) in [5.41, 5.74) is 0.197. The average molecular weight is 465 g/mol. The fourth-order valence-electron chi connectivity index (χ4n) is 4.04. The van der Waals surface area contributed by atoms with E-state index in [0.29, 0.717) is 43.3 Å². The maximum atomic E-state index is 13.2. The summed E-state index contributed by atoms with van der Waals surface area (Å²) in [6.07, 6.45) is 0.826. The van der Waals surface area contributed by atoms with Gasteiger partial charge in [0.05, 0.1) is 11.5 Å². The van der Waals surface area contributed by atoms with Gasteiger partial charge >= 0.3 is 0 Å². The van der Waals surface area contributed by atoms with Gasteiger partial charge in [0.15, 0.2) is 6.61 Å². The fraction of sp³-hybridized carbons (Fsp3) is 0.409. The van der Waals surface area contributed by atoms with E-state index >= 15 is 0 Å². The number of amides is 1. The first kappa shape index (κ1) is 22.1. The molecule has 2 aromatic carbocycles. The largest absolute Gasteiger partial charge is 0.484 e. The number of halogens is 1. The van der Waals surface area contributed by atoms with E-state index < -0.39 is 15.7 Å². The summed E-state index contributed by atoms with van der Waals surface area (Å²) < 4.78 is 39.4. The third-order valence-electron chi connectivity index (χ3n) is 5.80. The van der Waals surface area contributed by atoms with Crippen LogP contribution in [0.3, 0.4) is 0 Å². The lowest BCUT2D eigenvalue weighted by Gasteiger charge is -2.42. The van der Waals surface area contributed by atoms with Crippen molar-refractivity contribution in [3.05, 3.63) is 59.1 Å². The predicted molar refractivity (Wildman–Crippen MR) is 117 cm³/mol. The van der Waals surface area contributed by atoms with Crippen LogP contribution in [0.5, 0.6) is 5.75 Å². The maximum Gasteiger partial charge on any atom is 0.260 e. The van der Waals surface area contributed by atoms with Crippen molar-refractivity contribution >= 4 is 27.5 Å². The summed E-state index contributed by atoms with van der Waals surface area (Å²) in [7, 11) is -3.73. The van der Waals surface area contributed by atoms with Crippen molar-refractivity contribution in [1.82, 2.24) is 9.21 Å². The second-order valence-electron chi connectivity index (χ2n) is 7.81. The van der Waals surface area contributed by atoms with Gasteiger partial charge in [0.25, 0.3) is 5.91 Å². The minimum Gasteiger partial charge on any atom is -0.484 e. The molecular weight excluding hydrogens is 440 g/mol. The average Bonchev–Trinajstić information content (AvgIpc) is 3.18. The SMILES string of the molecule is Cc1ccc(OCC(=O)N2CCC3(CC2)OCCN3S(=O)(=O)c2ccc(Cl)cc2)cc1. The van der Waals surface area contributed by atoms with Crippen molar-refractivity contribution in [3.8, 4) is 5.75 Å². The molecule has 166 valence electrons. The number of piperidine rings is 1. The van der Waals surface area contributed by atoms with Crippen LogP contribution >= 0.6 is 11.6 Å². The van der Waals surface area contributed by atoms with Gasteiger partial charge in [0, 0.05) is 37.5 Å². The van der Waals surface area contributed by atoms with Crippen LogP contribution in [0.1, 0.15) is 18.4 Å². The molecule has 0 unspecified atom stereocenters. The highest BCUT2D eigenvalue weighted by Crippen LogP contribution is 2.38. The molecule has 0 N–H and O–H groups in total. The molecule has 0 radical (unpaired) electrons. The number of hydrogen-bond donors (Lipinski definition) is 0. The topological polar surface area (TPSA) is 76.2 Å². The number of ether oxygens (including phenoxy) is 2. The number of aryl methyl sites for hydroxylation is 1. The summed E-state index contributed by atoms with van der Waals surface area (Å²) in [5.74, 6) is 0.521. The van der Waals surface area contributed by atoms with Gasteiger partial charge < -0.3 is 14.4 Å². The van der Waals surface area contributed by atoms with E-state index in [-0.39, 0.29) is 24.0 Å². The predicted octanol–water partition coefficient (Wildman–Crippen LogP) is 3.07. The lowest BCUT2D eigenvalue weighted by molar-refractivity contribution is -0.142. The van der Waals surface area contributed by atoms with Crippen LogP contribution in [0, 0.1) is 6.92 Å². The molecule has 2 fully saturated rings. The van der Waals surface area contributed by atoms with Crippen LogP contribution in [0.2, 0.25) is 5.02 Å². The molecule has 2 saturated heterocycles. The van der Waals surface area contributed by atoms with E-state index in [4.69, 9.17) is 21.1 Å². The van der Waals surface area contributed by atoms with Gasteiger partial charge in [-0.2, -0.15) is 4.31 Å². The standard InChI is InChI=1S/C22H25ClN2O5S/c1-17-2-6-19(7-3-17)29-16-21(26)24-12-10-22(11-13-24)25(14-15-30-22)31(27,28)20-8-4-18(23)5-9-20/h2-9H,10-16H2,1H3. The summed E-state index contributed by atoms with van der Waals surface area (Å²) in [6.45, 7) is 3.36. The van der Waals surface area contributed by atoms with Gasteiger partial charge in [0.2, 0.25) is 10.0 Å². The Morgan fingerprint density at radius 1 is 1.06 bits per heavy atom. The number of sulfonamides is 1. The Balaban J connectivity index is 1.39. The molecule has 2 aromatic rings. The summed E-state index contributed by atoms with van der Waals surface area (Å²) >= 11 is 5.90. The Kier molecular flexibility index (Phi) is 6.25. The van der Waals surface area contributed by atoms with Crippen LogP contribution in [0.15, 0.2) is 53.4 Å². The van der Waals surface area contributed by atoms with E-state index in [9.17, 15) is 13.2 Å². The second-order valence-corrected chi connectivity index (χ2v) is 10.1. The number of benzene rings is 2. The lowest BCUT2D eigenvalue weighted by atomic mass is 10.0. The van der Waals surface area contributed by atoms with Gasteiger partial charge in [-0.15, -0.1) is 0 Å². The third-order valence-corrected chi connectivity index (χ3v) is 8.02. The molecule has 0 saturated carbocycles. The van der Waals surface area contributed by atoms with Crippen molar-refractivity contribution in [2.75, 3.05) is 32.8 Å². The minimum absolute atomic E-state index is 0.0519. The Labute approximate surface area is 187 Å². The molecule has 0 atom stereocenters. The monoisotopic (exact) mass is 464 g/mol. The molecule has 9 heteroatoms. The Morgan fingerprint density at radius 2 is 1.71 bits per heavy atom. The molecule has 0 aromatic heterocycles. The summed E-state index contributed by atoms with van der Waals surface area (Å²) in [4.78, 5) is 14.5. The fourth-order valence-corrected chi connectivity index (χ4v) is 5.89. The molecule has 1 spiro atoms. The number of rotatable bonds is 5. The molecule has 4 rings (SSSR count). The first-order valence-corrected chi connectivity index (χ1v) is 12.0. The molecule has 31 heavy (non-hydrogen) atoms. The molecule has 0 aliphatic carbocycles. The van der Waals surface area contributed by atoms with Gasteiger partial charge in [-0.05, 0) is 43.3 Å². The van der Waals surface area contributed by atoms with Crippen LogP contribution in [0.25, 0.3) is 0 Å². The van der Waals surface area contributed by atoms with Crippen molar-refractivity contribution in [3.63, 3.8) is 0 Å². The van der Waals surface area contributed by atoms with Gasteiger partial charge in [-0.1, -0.05) is 29.3 Å². The first-order chi connectivity index (χ1) is 14.8. The molecule has 0 bridgehead atoms. The normalized spacial score (nSPS) is 19.0. The zero-order chi connectivity index (χ0) is 22.1. The van der Waals surface area contributed by atoms with E-state index in [0.717, 1.165) is 5.56 Å². The van der Waals surface area contributed by atoms with E-state index in [1.807, 2.05) is 31.2 Å². The number of nitrogens with zero attached hydrogens (tertiary/aromatic N) is 2. The van der Waals surface area contributed by atoms with Crippen molar-refractivity contribution < 1.29 is 22.7 Å². The Hall–Kier alpha value is -2.13. The van der Waals surface area contributed by atoms with Gasteiger partial charge in [-0.25, -0.2) is 8.42 Å². The highest BCUT2D eigenvalue weighted by molar-refractivity contribution is 7.89. The summed E-state index contributed by atoms with van der Waals surface area (Å²) in [5, 5.41) is 0.478. The zero-order valence-electron chi connectivity index (χ0n) is 17.3. The van der Waals surface area contributed by atoms with Crippen molar-refractivity contribution in [2.45, 2.75) is 30.4 Å². The number of hydrogen-bond acceptors (Lipinski definition) is 5. The molecular formula is C22H25ClN2O5S. The van der Waals surface area contributed by atoms with Crippen molar-refractivity contribution in [1.29, 1.82) is 0 Å². The maximum absolute atomic E-state index is 13.2. The number of carbonyl (C=O) groups excluding carboxylic acids is 1. The Morgan fingerprint density at radius 3 is 2.35 bits per heavy atom. The Bertz CT molecular complexity index is 1030. The van der Waals surface area contributed by atoms with E-state index in [1.54, 1.807) is 17.0 Å². The quantitative estimate of drug-likeness (QED) is 0.679. The lowest BCUT2D eigenvalue weighted by Crippen LogP contribution is -2.56. The van der Waals surface area contributed by atoms with Crippen molar-refractivity contribution in [2.24, 2.45) is 0 Å². The number of likely N-dealkylation sites (tertiary alicyclic amines) is 1. The zero-order valence-corrected chi connectivity index (χ0v) is 18.9. The molecule has 2 aliphatic heterocycles. The molecule has 1 amide bonds. The van der Waals surface area contributed by atoms with Crippen LogP contribution in [-0.2, 0) is 19.6 Å². The summed E-state index contributed by atoms with van der Waals surface area (Å²) in [6, 6.07) is 13.7. The minimum atomic E-state index is -3.73. The van der Waals surface area contributed by atoms with Crippen LogP contribution in [-0.4, -0.2) is 62.1 Å². The van der Waals surface area contributed by atoms with E-state index in [2.05, 4.69) is 0 Å². The number of carbonyl (C=O) groups is 1. The highest BCUT2D eigenvalue weighted by Gasteiger charge is 2.50. The second kappa shape index (κ2) is 8.78. The first-order valence-electron chi connectivity index (χ1n) is 10.2. The highest BCUT2D eigenvalue weighted by atomic mass is 35.5. The third kappa shape index (κ3) is 4.57. The molecule has 2 aliphatic rings. The van der Waals surface area contributed by atoms with Crippen LogP contribution in [0.4, 0.5) is 0 Å². The van der Waals surface area contributed by atoms with Gasteiger partial charge in [0.1, 0.15) is 11.5 Å². The molecule has 2 heterocycles.